The van der Waals surface area contributed by atoms with E-state index in [1.165, 1.54) is 17.0 Å². The van der Waals surface area contributed by atoms with Crippen molar-refractivity contribution in [2.75, 3.05) is 26.2 Å². The SMILES string of the molecule is CN(C)C(=O)c1ccc(NOCC(=O)O)nn1. The molecule has 1 aromatic rings. The molecule has 17 heavy (non-hydrogen) atoms. The molecule has 0 bridgehead atoms. The van der Waals surface area contributed by atoms with Crippen LogP contribution in [-0.4, -0.2) is 52.8 Å². The lowest BCUT2D eigenvalue weighted by Gasteiger charge is -2.09. The predicted molar refractivity (Wildman–Crippen MR) is 57.3 cm³/mol. The summed E-state index contributed by atoms with van der Waals surface area (Å²) in [6.45, 7) is -0.500. The topological polar surface area (TPSA) is 105 Å². The van der Waals surface area contributed by atoms with Gasteiger partial charge in [0.05, 0.1) is 0 Å². The molecule has 8 nitrogen and oxygen atoms in total. The Morgan fingerprint density at radius 3 is 2.59 bits per heavy atom. The van der Waals surface area contributed by atoms with Gasteiger partial charge >= 0.3 is 5.97 Å². The number of hydrogen-bond acceptors (Lipinski definition) is 6. The van der Waals surface area contributed by atoms with Crippen LogP contribution in [-0.2, 0) is 9.63 Å². The van der Waals surface area contributed by atoms with Gasteiger partial charge < -0.3 is 10.0 Å². The molecule has 2 N–H and O–H groups in total. The van der Waals surface area contributed by atoms with Gasteiger partial charge in [-0.3, -0.25) is 9.63 Å². The van der Waals surface area contributed by atoms with Crippen molar-refractivity contribution in [3.8, 4) is 0 Å². The predicted octanol–water partition coefficient (Wildman–Crippen LogP) is -0.394. The molecule has 0 radical (unpaired) electrons. The van der Waals surface area contributed by atoms with Crippen LogP contribution in [0.4, 0.5) is 5.82 Å². The maximum Gasteiger partial charge on any atom is 0.332 e. The summed E-state index contributed by atoms with van der Waals surface area (Å²) in [6, 6.07) is 2.92. The van der Waals surface area contributed by atoms with E-state index in [1.807, 2.05) is 0 Å². The number of nitrogens with one attached hydrogen (secondary N) is 1. The Labute approximate surface area is 97.2 Å². The maximum absolute atomic E-state index is 11.5. The van der Waals surface area contributed by atoms with Crippen LogP contribution in [0, 0.1) is 0 Å². The first-order valence-electron chi connectivity index (χ1n) is 4.65. The van der Waals surface area contributed by atoms with Crippen molar-refractivity contribution in [1.82, 2.24) is 15.1 Å². The fraction of sp³-hybridized carbons (Fsp3) is 0.333. The highest BCUT2D eigenvalue weighted by Crippen LogP contribution is 2.03. The molecule has 0 saturated carbocycles. The number of hydrogen-bond donors (Lipinski definition) is 2. The third-order valence-corrected chi connectivity index (χ3v) is 1.66. The molecule has 0 aliphatic heterocycles. The van der Waals surface area contributed by atoms with E-state index in [2.05, 4.69) is 20.5 Å². The molecular formula is C9H12N4O4. The smallest absolute Gasteiger partial charge is 0.332 e. The first-order chi connectivity index (χ1) is 8.00. The summed E-state index contributed by atoms with van der Waals surface area (Å²) in [5, 5.41) is 15.6. The number of carbonyl (C=O) groups is 2. The highest BCUT2D eigenvalue weighted by molar-refractivity contribution is 5.91. The zero-order valence-corrected chi connectivity index (χ0v) is 9.38. The largest absolute Gasteiger partial charge is 0.479 e. The standard InChI is InChI=1S/C9H12N4O4/c1-13(2)9(16)6-3-4-7(11-10-6)12-17-5-8(14)15/h3-4H,5H2,1-2H3,(H,11,12)(H,14,15). The van der Waals surface area contributed by atoms with Crippen molar-refractivity contribution >= 4 is 17.7 Å². The highest BCUT2D eigenvalue weighted by Gasteiger charge is 2.09. The average molecular weight is 240 g/mol. The Balaban J connectivity index is 2.56. The molecule has 0 spiro atoms. The normalized spacial score (nSPS) is 9.76. The van der Waals surface area contributed by atoms with Crippen LogP contribution in [0.2, 0.25) is 0 Å². The molecule has 1 heterocycles. The zero-order chi connectivity index (χ0) is 12.8. The van der Waals surface area contributed by atoms with E-state index in [-0.39, 0.29) is 17.4 Å². The van der Waals surface area contributed by atoms with E-state index < -0.39 is 12.6 Å². The van der Waals surface area contributed by atoms with Crippen molar-refractivity contribution in [2.24, 2.45) is 0 Å². The van der Waals surface area contributed by atoms with Crippen LogP contribution in [0.3, 0.4) is 0 Å². The van der Waals surface area contributed by atoms with E-state index >= 15 is 0 Å². The molecule has 8 heteroatoms. The van der Waals surface area contributed by atoms with Crippen LogP contribution in [0.25, 0.3) is 0 Å². The van der Waals surface area contributed by atoms with E-state index in [4.69, 9.17) is 5.11 Å². The van der Waals surface area contributed by atoms with Crippen LogP contribution in [0.15, 0.2) is 12.1 Å². The lowest BCUT2D eigenvalue weighted by atomic mass is 10.3. The molecule has 1 rings (SSSR count). The lowest BCUT2D eigenvalue weighted by Crippen LogP contribution is -2.23. The van der Waals surface area contributed by atoms with Crippen LogP contribution in [0.1, 0.15) is 10.5 Å². The first-order valence-corrected chi connectivity index (χ1v) is 4.65. The van der Waals surface area contributed by atoms with Gasteiger partial charge in [-0.15, -0.1) is 10.2 Å². The molecule has 0 fully saturated rings. The molecule has 1 amide bonds. The molecule has 0 atom stereocenters. The fourth-order valence-electron chi connectivity index (χ4n) is 0.902. The molecule has 0 aliphatic carbocycles. The Bertz CT molecular complexity index is 404. The third-order valence-electron chi connectivity index (χ3n) is 1.66. The van der Waals surface area contributed by atoms with Crippen LogP contribution >= 0.6 is 0 Å². The fourth-order valence-corrected chi connectivity index (χ4v) is 0.902. The maximum atomic E-state index is 11.5. The number of carboxylic acids is 1. The molecule has 92 valence electrons. The number of rotatable bonds is 5. The van der Waals surface area contributed by atoms with Gasteiger partial charge in [-0.2, -0.15) is 0 Å². The minimum absolute atomic E-state index is 0.193. The average Bonchev–Trinajstić information content (AvgIpc) is 2.28. The van der Waals surface area contributed by atoms with Gasteiger partial charge in [-0.05, 0) is 12.1 Å². The minimum Gasteiger partial charge on any atom is -0.479 e. The highest BCUT2D eigenvalue weighted by atomic mass is 16.7. The summed E-state index contributed by atoms with van der Waals surface area (Å²) in [6.07, 6.45) is 0. The second kappa shape index (κ2) is 5.75. The number of anilines is 1. The first kappa shape index (κ1) is 12.8. The summed E-state index contributed by atoms with van der Waals surface area (Å²) in [7, 11) is 3.21. The number of amides is 1. The van der Waals surface area contributed by atoms with Crippen molar-refractivity contribution in [1.29, 1.82) is 0 Å². The minimum atomic E-state index is -1.11. The van der Waals surface area contributed by atoms with Gasteiger partial charge in [0.25, 0.3) is 5.91 Å². The van der Waals surface area contributed by atoms with E-state index in [0.717, 1.165) is 0 Å². The summed E-state index contributed by atoms with van der Waals surface area (Å²) < 4.78 is 0. The molecule has 0 saturated heterocycles. The number of carboxylic acid groups (broad SMARTS) is 1. The molecular weight excluding hydrogens is 228 g/mol. The second-order valence-electron chi connectivity index (χ2n) is 3.29. The molecule has 0 aliphatic rings. The van der Waals surface area contributed by atoms with Gasteiger partial charge in [0.15, 0.2) is 18.1 Å². The number of carbonyl (C=O) groups excluding carboxylic acids is 1. The monoisotopic (exact) mass is 240 g/mol. The van der Waals surface area contributed by atoms with Gasteiger partial charge in [0.2, 0.25) is 0 Å². The number of aliphatic carboxylic acids is 1. The molecule has 0 aromatic carbocycles. The quantitative estimate of drug-likeness (QED) is 0.675. The summed E-state index contributed by atoms with van der Waals surface area (Å²) in [5.41, 5.74) is 2.49. The van der Waals surface area contributed by atoms with E-state index in [0.29, 0.717) is 0 Å². The third kappa shape index (κ3) is 4.03. The van der Waals surface area contributed by atoms with E-state index in [1.54, 1.807) is 14.1 Å². The van der Waals surface area contributed by atoms with Gasteiger partial charge in [0, 0.05) is 14.1 Å². The number of nitrogens with zero attached hydrogens (tertiary/aromatic N) is 3. The summed E-state index contributed by atoms with van der Waals surface area (Å²) >= 11 is 0. The van der Waals surface area contributed by atoms with Gasteiger partial charge in [0.1, 0.15) is 0 Å². The Morgan fingerprint density at radius 1 is 1.41 bits per heavy atom. The van der Waals surface area contributed by atoms with Crippen molar-refractivity contribution in [2.45, 2.75) is 0 Å². The van der Waals surface area contributed by atoms with Crippen molar-refractivity contribution < 1.29 is 19.5 Å². The lowest BCUT2D eigenvalue weighted by molar-refractivity contribution is -0.141. The Kier molecular flexibility index (Phi) is 4.35. The second-order valence-corrected chi connectivity index (χ2v) is 3.29. The number of aromatic nitrogens is 2. The van der Waals surface area contributed by atoms with Crippen LogP contribution in [0.5, 0.6) is 0 Å². The Hall–Kier alpha value is -2.22. The summed E-state index contributed by atoms with van der Waals surface area (Å²) in [4.78, 5) is 27.6. The van der Waals surface area contributed by atoms with Crippen molar-refractivity contribution in [3.05, 3.63) is 17.8 Å². The van der Waals surface area contributed by atoms with Gasteiger partial charge in [-0.25, -0.2) is 10.3 Å². The Morgan fingerprint density at radius 2 is 2.12 bits per heavy atom. The summed E-state index contributed by atoms with van der Waals surface area (Å²) in [5.74, 6) is -1.15. The van der Waals surface area contributed by atoms with Crippen LogP contribution < -0.4 is 5.48 Å². The molecule has 0 unspecified atom stereocenters. The van der Waals surface area contributed by atoms with Crippen molar-refractivity contribution in [3.63, 3.8) is 0 Å². The zero-order valence-electron chi connectivity index (χ0n) is 9.38. The molecule has 1 aromatic heterocycles. The van der Waals surface area contributed by atoms with E-state index in [9.17, 15) is 9.59 Å². The van der Waals surface area contributed by atoms with Gasteiger partial charge in [-0.1, -0.05) is 0 Å².